The fourth-order valence-electron chi connectivity index (χ4n) is 3.27. The SMILES string of the molecule is CCC(CC)n1ccc(CC(O)CC(C)CC(C)(C)C)n1. The summed E-state index contributed by atoms with van der Waals surface area (Å²) in [6, 6.07) is 2.53. The number of aliphatic hydroxyl groups is 1. The topological polar surface area (TPSA) is 38.0 Å². The first-order chi connectivity index (χ1) is 9.75. The Morgan fingerprint density at radius 3 is 2.38 bits per heavy atom. The van der Waals surface area contributed by atoms with Crippen LogP contribution >= 0.6 is 0 Å². The van der Waals surface area contributed by atoms with E-state index in [2.05, 4.69) is 63.6 Å². The third kappa shape index (κ3) is 6.64. The van der Waals surface area contributed by atoms with Gasteiger partial charge < -0.3 is 5.11 Å². The lowest BCUT2D eigenvalue weighted by Gasteiger charge is -2.24. The number of nitrogens with zero attached hydrogens (tertiary/aromatic N) is 2. The zero-order chi connectivity index (χ0) is 16.0. The van der Waals surface area contributed by atoms with Crippen LogP contribution in [0.15, 0.2) is 12.3 Å². The lowest BCUT2D eigenvalue weighted by molar-refractivity contribution is 0.131. The van der Waals surface area contributed by atoms with Crippen LogP contribution < -0.4 is 0 Å². The highest BCUT2D eigenvalue weighted by molar-refractivity contribution is 5.01. The van der Waals surface area contributed by atoms with Crippen LogP contribution in [0.1, 0.15) is 79.0 Å². The van der Waals surface area contributed by atoms with Gasteiger partial charge in [0.05, 0.1) is 17.8 Å². The second kappa shape index (κ2) is 7.98. The first-order valence-electron chi connectivity index (χ1n) is 8.47. The normalized spacial score (nSPS) is 15.4. The van der Waals surface area contributed by atoms with Crippen LogP contribution in [0, 0.1) is 11.3 Å². The van der Waals surface area contributed by atoms with Crippen molar-refractivity contribution in [2.24, 2.45) is 11.3 Å². The highest BCUT2D eigenvalue weighted by atomic mass is 16.3. The monoisotopic (exact) mass is 294 g/mol. The molecule has 2 atom stereocenters. The molecular formula is C18H34N2O. The summed E-state index contributed by atoms with van der Waals surface area (Å²) in [7, 11) is 0. The molecule has 0 aromatic carbocycles. The summed E-state index contributed by atoms with van der Waals surface area (Å²) in [5.41, 5.74) is 1.34. The van der Waals surface area contributed by atoms with Gasteiger partial charge in [0.1, 0.15) is 0 Å². The molecule has 1 aromatic rings. The third-order valence-electron chi connectivity index (χ3n) is 4.06. The van der Waals surface area contributed by atoms with Gasteiger partial charge in [0.25, 0.3) is 0 Å². The van der Waals surface area contributed by atoms with Gasteiger partial charge in [0, 0.05) is 12.6 Å². The zero-order valence-electron chi connectivity index (χ0n) is 14.8. The van der Waals surface area contributed by atoms with Crippen molar-refractivity contribution in [3.05, 3.63) is 18.0 Å². The predicted molar refractivity (Wildman–Crippen MR) is 89.4 cm³/mol. The maximum atomic E-state index is 10.3. The largest absolute Gasteiger partial charge is 0.393 e. The van der Waals surface area contributed by atoms with E-state index in [4.69, 9.17) is 0 Å². The van der Waals surface area contributed by atoms with Crippen LogP contribution in [0.4, 0.5) is 0 Å². The van der Waals surface area contributed by atoms with Crippen molar-refractivity contribution in [1.29, 1.82) is 0 Å². The number of aliphatic hydroxyl groups excluding tert-OH is 1. The molecule has 3 nitrogen and oxygen atoms in total. The number of rotatable bonds is 8. The number of hydrogen-bond donors (Lipinski definition) is 1. The minimum absolute atomic E-state index is 0.285. The van der Waals surface area contributed by atoms with E-state index < -0.39 is 0 Å². The molecule has 0 spiro atoms. The molecule has 1 heterocycles. The molecule has 0 aliphatic heterocycles. The van der Waals surface area contributed by atoms with Gasteiger partial charge in [-0.05, 0) is 43.1 Å². The molecule has 0 fully saturated rings. The Bertz CT molecular complexity index is 402. The molecule has 0 saturated heterocycles. The van der Waals surface area contributed by atoms with Crippen molar-refractivity contribution in [2.45, 2.75) is 85.8 Å². The minimum atomic E-state index is -0.285. The van der Waals surface area contributed by atoms with E-state index in [0.29, 0.717) is 23.8 Å². The molecule has 2 unspecified atom stereocenters. The molecule has 0 bridgehead atoms. The van der Waals surface area contributed by atoms with Crippen molar-refractivity contribution in [2.75, 3.05) is 0 Å². The average molecular weight is 294 g/mol. The maximum absolute atomic E-state index is 10.3. The van der Waals surface area contributed by atoms with E-state index in [-0.39, 0.29) is 6.10 Å². The number of aromatic nitrogens is 2. The second-order valence-corrected chi connectivity index (χ2v) is 7.72. The Hall–Kier alpha value is -0.830. The van der Waals surface area contributed by atoms with Crippen LogP contribution in [0.5, 0.6) is 0 Å². The fourth-order valence-corrected chi connectivity index (χ4v) is 3.27. The Morgan fingerprint density at radius 1 is 1.24 bits per heavy atom. The molecule has 21 heavy (non-hydrogen) atoms. The molecule has 1 rings (SSSR count). The predicted octanol–water partition coefficient (Wildman–Crippen LogP) is 4.61. The first kappa shape index (κ1) is 18.2. The van der Waals surface area contributed by atoms with Gasteiger partial charge in [0.2, 0.25) is 0 Å². The van der Waals surface area contributed by atoms with Crippen molar-refractivity contribution in [3.8, 4) is 0 Å². The van der Waals surface area contributed by atoms with Crippen LogP contribution in [-0.2, 0) is 6.42 Å². The van der Waals surface area contributed by atoms with Gasteiger partial charge in [-0.15, -0.1) is 0 Å². The molecule has 3 heteroatoms. The summed E-state index contributed by atoms with van der Waals surface area (Å²) < 4.78 is 2.06. The van der Waals surface area contributed by atoms with Crippen molar-refractivity contribution in [3.63, 3.8) is 0 Å². The standard InChI is InChI=1S/C18H34N2O/c1-7-16(8-2)20-10-9-15(19-20)12-17(21)11-14(3)13-18(4,5)6/h9-10,14,16-17,21H,7-8,11-13H2,1-6H3. The molecule has 0 saturated carbocycles. The van der Waals surface area contributed by atoms with Crippen molar-refractivity contribution < 1.29 is 5.11 Å². The second-order valence-electron chi connectivity index (χ2n) is 7.72. The lowest BCUT2D eigenvalue weighted by atomic mass is 9.83. The molecule has 1 N–H and O–H groups in total. The van der Waals surface area contributed by atoms with Crippen LogP contribution in [-0.4, -0.2) is 21.0 Å². The van der Waals surface area contributed by atoms with E-state index in [1.54, 1.807) is 0 Å². The summed E-state index contributed by atoms with van der Waals surface area (Å²) in [4.78, 5) is 0. The van der Waals surface area contributed by atoms with Crippen LogP contribution in [0.2, 0.25) is 0 Å². The quantitative estimate of drug-likeness (QED) is 0.760. The van der Waals surface area contributed by atoms with Gasteiger partial charge in [-0.1, -0.05) is 41.5 Å². The molecule has 0 aliphatic carbocycles. The molecule has 122 valence electrons. The Labute approximate surface area is 130 Å². The minimum Gasteiger partial charge on any atom is -0.393 e. The summed E-state index contributed by atoms with van der Waals surface area (Å²) in [6.07, 6.45) is 6.64. The molecule has 0 radical (unpaired) electrons. The molecule has 0 aliphatic rings. The van der Waals surface area contributed by atoms with E-state index in [1.807, 2.05) is 0 Å². The van der Waals surface area contributed by atoms with E-state index in [0.717, 1.165) is 31.4 Å². The number of hydrogen-bond acceptors (Lipinski definition) is 2. The highest BCUT2D eigenvalue weighted by Crippen LogP contribution is 2.27. The Balaban J connectivity index is 2.50. The van der Waals surface area contributed by atoms with E-state index in [1.165, 1.54) is 0 Å². The first-order valence-corrected chi connectivity index (χ1v) is 8.47. The zero-order valence-corrected chi connectivity index (χ0v) is 14.8. The van der Waals surface area contributed by atoms with E-state index in [9.17, 15) is 5.11 Å². The third-order valence-corrected chi connectivity index (χ3v) is 4.06. The summed E-state index contributed by atoms with van der Waals surface area (Å²) >= 11 is 0. The summed E-state index contributed by atoms with van der Waals surface area (Å²) in [5, 5.41) is 14.9. The van der Waals surface area contributed by atoms with Gasteiger partial charge in [-0.3, -0.25) is 4.68 Å². The Morgan fingerprint density at radius 2 is 1.86 bits per heavy atom. The van der Waals surface area contributed by atoms with Gasteiger partial charge in [-0.25, -0.2) is 0 Å². The molecule has 1 aromatic heterocycles. The van der Waals surface area contributed by atoms with E-state index >= 15 is 0 Å². The van der Waals surface area contributed by atoms with Crippen LogP contribution in [0.25, 0.3) is 0 Å². The molecule has 0 amide bonds. The molecular weight excluding hydrogens is 260 g/mol. The smallest absolute Gasteiger partial charge is 0.0650 e. The van der Waals surface area contributed by atoms with Gasteiger partial charge >= 0.3 is 0 Å². The van der Waals surface area contributed by atoms with Crippen LogP contribution in [0.3, 0.4) is 0 Å². The maximum Gasteiger partial charge on any atom is 0.0650 e. The Kier molecular flexibility index (Phi) is 6.92. The van der Waals surface area contributed by atoms with Gasteiger partial charge in [0.15, 0.2) is 0 Å². The summed E-state index contributed by atoms with van der Waals surface area (Å²) in [6.45, 7) is 13.4. The van der Waals surface area contributed by atoms with Crippen molar-refractivity contribution >= 4 is 0 Å². The average Bonchev–Trinajstić information content (AvgIpc) is 2.76. The fraction of sp³-hybridized carbons (Fsp3) is 0.833. The lowest BCUT2D eigenvalue weighted by Crippen LogP contribution is -2.19. The summed E-state index contributed by atoms with van der Waals surface area (Å²) in [5.74, 6) is 0.543. The van der Waals surface area contributed by atoms with Gasteiger partial charge in [-0.2, -0.15) is 5.10 Å². The van der Waals surface area contributed by atoms with Crippen molar-refractivity contribution in [1.82, 2.24) is 9.78 Å². The highest BCUT2D eigenvalue weighted by Gasteiger charge is 2.19.